The Morgan fingerprint density at radius 3 is 2.85 bits per heavy atom. The van der Waals surface area contributed by atoms with E-state index in [0.717, 1.165) is 12.1 Å². The molecule has 1 heterocycles. The molecule has 0 spiro atoms. The van der Waals surface area contributed by atoms with Gasteiger partial charge in [-0.15, -0.1) is 11.8 Å². The molecule has 2 aromatic rings. The maximum Gasteiger partial charge on any atom is 0.237 e. The number of hydrogen-bond donors (Lipinski definition) is 1. The van der Waals surface area contributed by atoms with Gasteiger partial charge >= 0.3 is 0 Å². The predicted molar refractivity (Wildman–Crippen MR) is 72.4 cm³/mol. The van der Waals surface area contributed by atoms with Crippen LogP contribution >= 0.6 is 11.8 Å². The summed E-state index contributed by atoms with van der Waals surface area (Å²) in [5.41, 5.74) is 0. The number of likely N-dealkylation sites (N-methyl/N-ethyl adjacent to an activating group) is 1. The van der Waals surface area contributed by atoms with Crippen LogP contribution < -0.4 is 5.32 Å². The smallest absolute Gasteiger partial charge is 0.237 e. The first-order valence-corrected chi connectivity index (χ1v) is 7.13. The molecule has 4 nitrogen and oxygen atoms in total. The molecule has 0 aliphatic heterocycles. The van der Waals surface area contributed by atoms with Crippen LogP contribution in [0.2, 0.25) is 0 Å². The summed E-state index contributed by atoms with van der Waals surface area (Å²) in [4.78, 5) is 4.86. The van der Waals surface area contributed by atoms with Crippen molar-refractivity contribution in [2.24, 2.45) is 0 Å². The zero-order valence-corrected chi connectivity index (χ0v) is 12.0. The fourth-order valence-corrected chi connectivity index (χ4v) is 2.28. The molecule has 1 N–H and O–H groups in total. The van der Waals surface area contributed by atoms with E-state index >= 15 is 0 Å². The van der Waals surface area contributed by atoms with Crippen molar-refractivity contribution in [2.75, 3.05) is 7.05 Å². The summed E-state index contributed by atoms with van der Waals surface area (Å²) in [6.45, 7) is 2.02. The van der Waals surface area contributed by atoms with Gasteiger partial charge in [0.2, 0.25) is 5.89 Å². The third kappa shape index (κ3) is 4.01. The van der Waals surface area contributed by atoms with Crippen molar-refractivity contribution in [1.82, 2.24) is 15.5 Å². The first kappa shape index (κ1) is 14.9. The van der Waals surface area contributed by atoms with E-state index in [2.05, 4.69) is 15.5 Å². The molecule has 1 aromatic heterocycles. The Morgan fingerprint density at radius 2 is 2.15 bits per heavy atom. The molecular formula is C13H15F2N3OS. The van der Waals surface area contributed by atoms with E-state index < -0.39 is 11.6 Å². The summed E-state index contributed by atoms with van der Waals surface area (Å²) in [7, 11) is 1.87. The zero-order chi connectivity index (χ0) is 14.5. The van der Waals surface area contributed by atoms with Crippen LogP contribution in [0.5, 0.6) is 0 Å². The molecule has 0 amide bonds. The maximum absolute atomic E-state index is 13.0. The summed E-state index contributed by atoms with van der Waals surface area (Å²) >= 11 is 1.32. The largest absolute Gasteiger partial charge is 0.338 e. The average molecular weight is 299 g/mol. The maximum atomic E-state index is 13.0. The molecule has 20 heavy (non-hydrogen) atoms. The molecule has 0 saturated heterocycles. The van der Waals surface area contributed by atoms with Gasteiger partial charge in [-0.25, -0.2) is 8.78 Å². The number of halogens is 2. The first-order valence-electron chi connectivity index (χ1n) is 6.15. The molecule has 2 rings (SSSR count). The van der Waals surface area contributed by atoms with Crippen LogP contribution in [-0.4, -0.2) is 23.2 Å². The van der Waals surface area contributed by atoms with Crippen LogP contribution in [0.25, 0.3) is 0 Å². The number of rotatable bonds is 6. The van der Waals surface area contributed by atoms with Crippen molar-refractivity contribution in [2.45, 2.75) is 30.0 Å². The molecule has 108 valence electrons. The van der Waals surface area contributed by atoms with Crippen molar-refractivity contribution in [1.29, 1.82) is 0 Å². The van der Waals surface area contributed by atoms with Crippen molar-refractivity contribution in [3.05, 3.63) is 41.5 Å². The number of nitrogens with one attached hydrogen (secondary N) is 1. The Labute approximate surface area is 120 Å². The van der Waals surface area contributed by atoms with Gasteiger partial charge in [0.05, 0.1) is 5.75 Å². The minimum atomic E-state index is -0.857. The van der Waals surface area contributed by atoms with Crippen LogP contribution in [0.1, 0.15) is 18.6 Å². The number of benzene rings is 1. The highest BCUT2D eigenvalue weighted by Crippen LogP contribution is 2.23. The summed E-state index contributed by atoms with van der Waals surface area (Å²) < 4.78 is 30.9. The first-order chi connectivity index (χ1) is 9.58. The molecule has 7 heteroatoms. The number of hydrogen-bond acceptors (Lipinski definition) is 5. The molecule has 0 aliphatic carbocycles. The van der Waals surface area contributed by atoms with E-state index in [1.54, 1.807) is 0 Å². The highest BCUT2D eigenvalue weighted by atomic mass is 32.2. The van der Waals surface area contributed by atoms with Gasteiger partial charge in [0.25, 0.3) is 0 Å². The summed E-state index contributed by atoms with van der Waals surface area (Å²) in [5.74, 6) is -0.184. The second-order valence-corrected chi connectivity index (χ2v) is 5.41. The van der Waals surface area contributed by atoms with E-state index in [1.807, 2.05) is 14.0 Å². The summed E-state index contributed by atoms with van der Waals surface area (Å²) in [5, 5.41) is 6.96. The van der Waals surface area contributed by atoms with Crippen molar-refractivity contribution >= 4 is 11.8 Å². The highest BCUT2D eigenvalue weighted by molar-refractivity contribution is 7.98. The van der Waals surface area contributed by atoms with E-state index in [1.165, 1.54) is 17.8 Å². The van der Waals surface area contributed by atoms with Gasteiger partial charge in [0.1, 0.15) is 0 Å². The second kappa shape index (κ2) is 6.81. The van der Waals surface area contributed by atoms with E-state index in [9.17, 15) is 8.78 Å². The summed E-state index contributed by atoms with van der Waals surface area (Å²) in [6, 6.07) is 4.04. The van der Waals surface area contributed by atoms with Gasteiger partial charge in [-0.05, 0) is 32.2 Å². The fourth-order valence-electron chi connectivity index (χ4n) is 1.52. The minimum absolute atomic E-state index is 0.263. The lowest BCUT2D eigenvalue weighted by Crippen LogP contribution is -2.24. The van der Waals surface area contributed by atoms with Gasteiger partial charge in [-0.1, -0.05) is 5.16 Å². The van der Waals surface area contributed by atoms with Crippen molar-refractivity contribution in [3.8, 4) is 0 Å². The molecule has 0 radical (unpaired) electrons. The molecule has 1 unspecified atom stereocenters. The molecule has 0 aliphatic rings. The van der Waals surface area contributed by atoms with Gasteiger partial charge in [-0.3, -0.25) is 0 Å². The monoisotopic (exact) mass is 299 g/mol. The third-order valence-electron chi connectivity index (χ3n) is 2.75. The molecule has 1 aromatic carbocycles. The molecular weight excluding hydrogens is 284 g/mol. The normalized spacial score (nSPS) is 12.6. The predicted octanol–water partition coefficient (Wildman–Crippen LogP) is 2.79. The Hall–Kier alpha value is -1.47. The quantitative estimate of drug-likeness (QED) is 0.831. The molecule has 0 bridgehead atoms. The van der Waals surface area contributed by atoms with Crippen molar-refractivity contribution in [3.63, 3.8) is 0 Å². The lowest BCUT2D eigenvalue weighted by atomic mass is 10.2. The van der Waals surface area contributed by atoms with E-state index in [0.29, 0.717) is 28.8 Å². The third-order valence-corrected chi connectivity index (χ3v) is 3.72. The molecule has 0 saturated carbocycles. The number of nitrogens with zero attached hydrogens (tertiary/aromatic N) is 2. The van der Waals surface area contributed by atoms with Gasteiger partial charge in [0, 0.05) is 17.4 Å². The Bertz CT molecular complexity index is 576. The number of thioether (sulfide) groups is 1. The molecule has 0 fully saturated rings. The van der Waals surface area contributed by atoms with Crippen LogP contribution in [0.4, 0.5) is 8.78 Å². The van der Waals surface area contributed by atoms with Crippen LogP contribution in [0.3, 0.4) is 0 Å². The minimum Gasteiger partial charge on any atom is -0.338 e. The number of aromatic nitrogens is 2. The average Bonchev–Trinajstić information content (AvgIpc) is 2.87. The Morgan fingerprint density at radius 1 is 1.35 bits per heavy atom. The second-order valence-electron chi connectivity index (χ2n) is 4.36. The highest BCUT2D eigenvalue weighted by Gasteiger charge is 2.10. The standard InChI is InChI=1S/C13H15F2N3OS/c1-8(16-2)5-12-17-13(19-18-12)7-20-9-3-4-10(14)11(15)6-9/h3-4,6,8,16H,5,7H2,1-2H3. The lowest BCUT2D eigenvalue weighted by molar-refractivity contribution is 0.382. The Kier molecular flexibility index (Phi) is 5.08. The van der Waals surface area contributed by atoms with Crippen LogP contribution in [-0.2, 0) is 12.2 Å². The van der Waals surface area contributed by atoms with E-state index in [-0.39, 0.29) is 6.04 Å². The fraction of sp³-hybridized carbons (Fsp3) is 0.385. The van der Waals surface area contributed by atoms with Crippen molar-refractivity contribution < 1.29 is 13.3 Å². The Balaban J connectivity index is 1.92. The topological polar surface area (TPSA) is 51.0 Å². The van der Waals surface area contributed by atoms with Crippen LogP contribution in [0, 0.1) is 11.6 Å². The molecule has 1 atom stereocenters. The zero-order valence-electron chi connectivity index (χ0n) is 11.2. The van der Waals surface area contributed by atoms with Crippen LogP contribution in [0.15, 0.2) is 27.6 Å². The van der Waals surface area contributed by atoms with E-state index in [4.69, 9.17) is 4.52 Å². The van der Waals surface area contributed by atoms with Gasteiger partial charge in [-0.2, -0.15) is 4.98 Å². The summed E-state index contributed by atoms with van der Waals surface area (Å²) in [6.07, 6.45) is 0.676. The van der Waals surface area contributed by atoms with Gasteiger partial charge in [0.15, 0.2) is 17.5 Å². The SMILES string of the molecule is CNC(C)Cc1noc(CSc2ccc(F)c(F)c2)n1. The lowest BCUT2D eigenvalue weighted by Gasteiger charge is -2.04. The van der Waals surface area contributed by atoms with Gasteiger partial charge < -0.3 is 9.84 Å².